The van der Waals surface area contributed by atoms with Crippen LogP contribution >= 0.6 is 0 Å². The lowest BCUT2D eigenvalue weighted by atomic mass is 10.0. The molecule has 0 fully saturated rings. The maximum absolute atomic E-state index is 13.1. The molecule has 2 amide bonds. The van der Waals surface area contributed by atoms with E-state index in [-0.39, 0.29) is 11.8 Å². The number of aromatic nitrogens is 1. The zero-order valence-electron chi connectivity index (χ0n) is 16.7. The quantitative estimate of drug-likeness (QED) is 0.658. The van der Waals surface area contributed by atoms with Gasteiger partial charge in [0.05, 0.1) is 6.61 Å². The Kier molecular flexibility index (Phi) is 5.75. The van der Waals surface area contributed by atoms with Crippen molar-refractivity contribution < 1.29 is 14.3 Å². The Bertz CT molecular complexity index is 1050. The molecule has 30 heavy (non-hydrogen) atoms. The minimum atomic E-state index is -0.680. The molecule has 1 N–H and O–H groups in total. The Hall–Kier alpha value is -3.67. The summed E-state index contributed by atoms with van der Waals surface area (Å²) in [6.45, 7) is 3.17. The van der Waals surface area contributed by atoms with Crippen LogP contribution in [0.5, 0.6) is 5.75 Å². The van der Waals surface area contributed by atoms with E-state index in [1.165, 1.54) is 0 Å². The summed E-state index contributed by atoms with van der Waals surface area (Å²) in [5.41, 5.74) is 3.11. The number of nitrogens with one attached hydrogen (secondary N) is 1. The molecule has 1 atom stereocenters. The van der Waals surface area contributed by atoms with E-state index < -0.39 is 6.04 Å². The van der Waals surface area contributed by atoms with Gasteiger partial charge in [0.1, 0.15) is 11.8 Å². The molecule has 0 radical (unpaired) electrons. The second kappa shape index (κ2) is 8.78. The number of pyridine rings is 1. The summed E-state index contributed by atoms with van der Waals surface area (Å²) in [7, 11) is 0. The summed E-state index contributed by atoms with van der Waals surface area (Å²) in [6.07, 6.45) is 3.40. The Morgan fingerprint density at radius 3 is 2.73 bits per heavy atom. The summed E-state index contributed by atoms with van der Waals surface area (Å²) in [4.78, 5) is 31.9. The van der Waals surface area contributed by atoms with Crippen molar-refractivity contribution in [2.24, 2.45) is 0 Å². The van der Waals surface area contributed by atoms with Crippen LogP contribution in [0.1, 0.15) is 40.0 Å². The van der Waals surface area contributed by atoms with Gasteiger partial charge in [-0.05, 0) is 47.9 Å². The summed E-state index contributed by atoms with van der Waals surface area (Å²) in [5.74, 6) is 0.392. The lowest BCUT2D eigenvalue weighted by Crippen LogP contribution is -2.38. The lowest BCUT2D eigenvalue weighted by molar-refractivity contribution is -0.125. The predicted octanol–water partition coefficient (Wildman–Crippen LogP) is 3.49. The number of nitrogens with zero attached hydrogens (tertiary/aromatic N) is 2. The van der Waals surface area contributed by atoms with Crippen molar-refractivity contribution in [1.29, 1.82) is 0 Å². The number of amides is 2. The highest BCUT2D eigenvalue weighted by Gasteiger charge is 2.40. The number of carbonyl (C=O) groups is 2. The van der Waals surface area contributed by atoms with Gasteiger partial charge in [0.25, 0.3) is 5.91 Å². The van der Waals surface area contributed by atoms with E-state index in [0.717, 1.165) is 22.4 Å². The van der Waals surface area contributed by atoms with Crippen LogP contribution in [-0.2, 0) is 17.9 Å². The molecule has 0 saturated heterocycles. The number of rotatable bonds is 7. The lowest BCUT2D eigenvalue weighted by Gasteiger charge is -2.25. The highest BCUT2D eigenvalue weighted by molar-refractivity contribution is 6.04. The maximum atomic E-state index is 13.1. The number of hydrogen-bond acceptors (Lipinski definition) is 4. The molecule has 0 spiro atoms. The van der Waals surface area contributed by atoms with Gasteiger partial charge in [-0.1, -0.05) is 36.4 Å². The fourth-order valence-electron chi connectivity index (χ4n) is 3.70. The first-order valence-electron chi connectivity index (χ1n) is 9.95. The van der Waals surface area contributed by atoms with E-state index in [9.17, 15) is 9.59 Å². The third kappa shape index (κ3) is 4.03. The third-order valence-corrected chi connectivity index (χ3v) is 5.06. The van der Waals surface area contributed by atoms with Crippen LogP contribution < -0.4 is 10.1 Å². The highest BCUT2D eigenvalue weighted by Crippen LogP contribution is 2.35. The molecular formula is C24H23N3O3. The van der Waals surface area contributed by atoms with Gasteiger partial charge in [-0.15, -0.1) is 0 Å². The molecule has 152 valence electrons. The average molecular weight is 401 g/mol. The van der Waals surface area contributed by atoms with E-state index in [0.29, 0.717) is 25.3 Å². The molecule has 1 aliphatic heterocycles. The normalized spacial score (nSPS) is 15.0. The van der Waals surface area contributed by atoms with Crippen molar-refractivity contribution in [3.8, 4) is 5.75 Å². The van der Waals surface area contributed by atoms with Crippen LogP contribution in [0.4, 0.5) is 0 Å². The fraction of sp³-hybridized carbons (Fsp3) is 0.208. The SMILES string of the molecule is CCOc1cccc(CN2C(=O)c3ccccc3C2C(=O)NCc2cccnc2)c1. The number of hydrogen-bond donors (Lipinski definition) is 1. The maximum Gasteiger partial charge on any atom is 0.255 e. The molecule has 1 unspecified atom stereocenters. The Morgan fingerprint density at radius 2 is 1.93 bits per heavy atom. The van der Waals surface area contributed by atoms with Gasteiger partial charge in [0.2, 0.25) is 5.91 Å². The Labute approximate surface area is 175 Å². The predicted molar refractivity (Wildman–Crippen MR) is 113 cm³/mol. The van der Waals surface area contributed by atoms with Gasteiger partial charge in [-0.3, -0.25) is 14.6 Å². The molecule has 4 rings (SSSR count). The minimum Gasteiger partial charge on any atom is -0.494 e. The van der Waals surface area contributed by atoms with E-state index in [2.05, 4.69) is 10.3 Å². The Balaban J connectivity index is 1.58. The second-order valence-corrected chi connectivity index (χ2v) is 7.08. The summed E-state index contributed by atoms with van der Waals surface area (Å²) >= 11 is 0. The number of carbonyl (C=O) groups excluding carboxylic acids is 2. The zero-order chi connectivity index (χ0) is 20.9. The van der Waals surface area contributed by atoms with Crippen molar-refractivity contribution >= 4 is 11.8 Å². The Morgan fingerprint density at radius 1 is 1.10 bits per heavy atom. The smallest absolute Gasteiger partial charge is 0.255 e. The van der Waals surface area contributed by atoms with Crippen LogP contribution in [0.25, 0.3) is 0 Å². The molecule has 0 bridgehead atoms. The molecular weight excluding hydrogens is 378 g/mol. The zero-order valence-corrected chi connectivity index (χ0v) is 16.7. The molecule has 2 heterocycles. The average Bonchev–Trinajstić information content (AvgIpc) is 3.05. The summed E-state index contributed by atoms with van der Waals surface area (Å²) < 4.78 is 5.57. The van der Waals surface area contributed by atoms with Crippen LogP contribution in [-0.4, -0.2) is 28.3 Å². The molecule has 1 aliphatic rings. The molecule has 0 saturated carbocycles. The van der Waals surface area contributed by atoms with Crippen LogP contribution in [0.2, 0.25) is 0 Å². The van der Waals surface area contributed by atoms with Crippen molar-refractivity contribution in [3.05, 3.63) is 95.3 Å². The monoisotopic (exact) mass is 401 g/mol. The third-order valence-electron chi connectivity index (χ3n) is 5.06. The molecule has 2 aromatic carbocycles. The van der Waals surface area contributed by atoms with Crippen molar-refractivity contribution in [3.63, 3.8) is 0 Å². The van der Waals surface area contributed by atoms with Crippen LogP contribution in [0.3, 0.4) is 0 Å². The first-order chi connectivity index (χ1) is 14.7. The molecule has 6 nitrogen and oxygen atoms in total. The van der Waals surface area contributed by atoms with Crippen molar-refractivity contribution in [2.75, 3.05) is 6.61 Å². The van der Waals surface area contributed by atoms with E-state index >= 15 is 0 Å². The van der Waals surface area contributed by atoms with Gasteiger partial charge in [0, 0.05) is 31.0 Å². The molecule has 3 aromatic rings. The molecule has 6 heteroatoms. The standard InChI is InChI=1S/C24H23N3O3/c1-2-30-19-9-5-7-17(13-19)16-27-22(20-10-3-4-11-21(20)24(27)29)23(28)26-15-18-8-6-12-25-14-18/h3-14,22H,2,15-16H2,1H3,(H,26,28). The van der Waals surface area contributed by atoms with E-state index in [1.807, 2.05) is 61.5 Å². The van der Waals surface area contributed by atoms with Crippen LogP contribution in [0.15, 0.2) is 73.1 Å². The number of fused-ring (bicyclic) bond motifs is 1. The van der Waals surface area contributed by atoms with E-state index in [1.54, 1.807) is 23.4 Å². The van der Waals surface area contributed by atoms with Crippen molar-refractivity contribution in [1.82, 2.24) is 15.2 Å². The first-order valence-corrected chi connectivity index (χ1v) is 9.95. The molecule has 0 aliphatic carbocycles. The van der Waals surface area contributed by atoms with Crippen LogP contribution in [0, 0.1) is 0 Å². The van der Waals surface area contributed by atoms with Crippen molar-refractivity contribution in [2.45, 2.75) is 26.1 Å². The fourth-order valence-corrected chi connectivity index (χ4v) is 3.70. The number of benzene rings is 2. The minimum absolute atomic E-state index is 0.144. The largest absolute Gasteiger partial charge is 0.494 e. The second-order valence-electron chi connectivity index (χ2n) is 7.08. The van der Waals surface area contributed by atoms with Gasteiger partial charge in [-0.25, -0.2) is 0 Å². The van der Waals surface area contributed by atoms with E-state index in [4.69, 9.17) is 4.74 Å². The van der Waals surface area contributed by atoms with Gasteiger partial charge < -0.3 is 15.0 Å². The molecule has 1 aromatic heterocycles. The highest BCUT2D eigenvalue weighted by atomic mass is 16.5. The van der Waals surface area contributed by atoms with Gasteiger partial charge in [0.15, 0.2) is 0 Å². The summed E-state index contributed by atoms with van der Waals surface area (Å²) in [6, 6.07) is 18.0. The first kappa shape index (κ1) is 19.6. The topological polar surface area (TPSA) is 71.5 Å². The van der Waals surface area contributed by atoms with Gasteiger partial charge in [-0.2, -0.15) is 0 Å². The number of ether oxygens (including phenoxy) is 1. The van der Waals surface area contributed by atoms with Gasteiger partial charge >= 0.3 is 0 Å². The summed E-state index contributed by atoms with van der Waals surface area (Å²) in [5, 5.41) is 2.95.